The normalized spacial score (nSPS) is 18.6. The van der Waals surface area contributed by atoms with Crippen LogP contribution in [0.1, 0.15) is 37.8 Å². The maximum atomic E-state index is 12.0. The maximum Gasteiger partial charge on any atom is 0.240 e. The lowest BCUT2D eigenvalue weighted by Crippen LogP contribution is -2.58. The fraction of sp³-hybridized carbons (Fsp3) is 0.500. The maximum absolute atomic E-state index is 12.0. The number of nitrogens with two attached hydrogens (primary N) is 1. The first kappa shape index (κ1) is 12.9. The van der Waals surface area contributed by atoms with E-state index in [4.69, 9.17) is 10.5 Å². The van der Waals surface area contributed by atoms with E-state index in [-0.39, 0.29) is 11.9 Å². The number of carbonyl (C=O) groups is 1. The highest BCUT2D eigenvalue weighted by Gasteiger charge is 2.40. The van der Waals surface area contributed by atoms with Crippen LogP contribution >= 0.6 is 0 Å². The summed E-state index contributed by atoms with van der Waals surface area (Å²) in [4.78, 5) is 12.0. The second-order valence-corrected chi connectivity index (χ2v) is 4.98. The van der Waals surface area contributed by atoms with Crippen LogP contribution < -0.4 is 15.8 Å². The van der Waals surface area contributed by atoms with Crippen molar-refractivity contribution in [3.05, 3.63) is 29.8 Å². The van der Waals surface area contributed by atoms with Crippen LogP contribution in [0.4, 0.5) is 0 Å². The number of carbonyl (C=O) groups excluding carboxylic acids is 1. The first-order valence-corrected chi connectivity index (χ1v) is 6.29. The van der Waals surface area contributed by atoms with E-state index in [1.807, 2.05) is 31.2 Å². The Morgan fingerprint density at radius 2 is 2.00 bits per heavy atom. The number of hydrogen-bond acceptors (Lipinski definition) is 3. The Morgan fingerprint density at radius 1 is 1.39 bits per heavy atom. The minimum atomic E-state index is -0.638. The molecule has 1 atom stereocenters. The van der Waals surface area contributed by atoms with Crippen LogP contribution in [0, 0.1) is 0 Å². The molecule has 0 aromatic heterocycles. The lowest BCUT2D eigenvalue weighted by Gasteiger charge is -2.37. The number of benzene rings is 1. The Kier molecular flexibility index (Phi) is 3.57. The lowest BCUT2D eigenvalue weighted by molar-refractivity contribution is -0.129. The van der Waals surface area contributed by atoms with Gasteiger partial charge in [0.1, 0.15) is 5.75 Å². The molecule has 1 aromatic rings. The molecule has 1 saturated carbocycles. The summed E-state index contributed by atoms with van der Waals surface area (Å²) in [6.07, 6.45) is 2.61. The Hall–Kier alpha value is -1.55. The summed E-state index contributed by atoms with van der Waals surface area (Å²) in [6, 6.07) is 7.64. The Labute approximate surface area is 108 Å². The Balaban J connectivity index is 1.98. The third-order valence-corrected chi connectivity index (χ3v) is 3.66. The minimum absolute atomic E-state index is 0.0376. The summed E-state index contributed by atoms with van der Waals surface area (Å²) < 4.78 is 5.10. The van der Waals surface area contributed by atoms with Gasteiger partial charge in [0.05, 0.1) is 18.7 Å². The number of nitrogens with one attached hydrogen (secondary N) is 1. The van der Waals surface area contributed by atoms with Gasteiger partial charge < -0.3 is 15.8 Å². The molecule has 0 radical (unpaired) electrons. The van der Waals surface area contributed by atoms with Gasteiger partial charge in [0.2, 0.25) is 5.91 Å². The quantitative estimate of drug-likeness (QED) is 0.853. The molecule has 0 unspecified atom stereocenters. The summed E-state index contributed by atoms with van der Waals surface area (Å²) in [5.74, 6) is 0.767. The van der Waals surface area contributed by atoms with Crippen LogP contribution in [0.3, 0.4) is 0 Å². The molecule has 18 heavy (non-hydrogen) atoms. The summed E-state index contributed by atoms with van der Waals surface area (Å²) in [6.45, 7) is 1.96. The van der Waals surface area contributed by atoms with Gasteiger partial charge in [-0.15, -0.1) is 0 Å². The van der Waals surface area contributed by atoms with Crippen molar-refractivity contribution in [2.24, 2.45) is 5.73 Å². The van der Waals surface area contributed by atoms with Crippen LogP contribution in [-0.2, 0) is 4.79 Å². The van der Waals surface area contributed by atoms with Gasteiger partial charge in [-0.2, -0.15) is 0 Å². The molecule has 3 N–H and O–H groups in total. The van der Waals surface area contributed by atoms with Crippen molar-refractivity contribution in [1.29, 1.82) is 0 Å². The number of ether oxygens (including phenoxy) is 1. The predicted molar refractivity (Wildman–Crippen MR) is 70.3 cm³/mol. The van der Waals surface area contributed by atoms with Crippen LogP contribution in [0.5, 0.6) is 5.75 Å². The molecule has 98 valence electrons. The van der Waals surface area contributed by atoms with Gasteiger partial charge in [-0.25, -0.2) is 0 Å². The number of rotatable bonds is 4. The zero-order valence-corrected chi connectivity index (χ0v) is 10.9. The van der Waals surface area contributed by atoms with E-state index in [0.29, 0.717) is 0 Å². The van der Waals surface area contributed by atoms with Crippen LogP contribution in [0.15, 0.2) is 24.3 Å². The summed E-state index contributed by atoms with van der Waals surface area (Å²) in [5.41, 5.74) is 6.40. The van der Waals surface area contributed by atoms with Crippen molar-refractivity contribution >= 4 is 5.91 Å². The van der Waals surface area contributed by atoms with Gasteiger partial charge in [0.25, 0.3) is 0 Å². The first-order valence-electron chi connectivity index (χ1n) is 6.29. The van der Waals surface area contributed by atoms with E-state index in [1.165, 1.54) is 0 Å². The van der Waals surface area contributed by atoms with E-state index in [0.717, 1.165) is 30.6 Å². The number of amides is 1. The number of hydrogen-bond donors (Lipinski definition) is 2. The third-order valence-electron chi connectivity index (χ3n) is 3.66. The van der Waals surface area contributed by atoms with Crippen molar-refractivity contribution in [3.8, 4) is 5.75 Å². The Bertz CT molecular complexity index is 424. The summed E-state index contributed by atoms with van der Waals surface area (Å²) in [5, 5.41) is 2.97. The molecular formula is C14H20N2O2. The van der Waals surface area contributed by atoms with Crippen molar-refractivity contribution in [2.75, 3.05) is 7.11 Å². The van der Waals surface area contributed by atoms with Gasteiger partial charge in [-0.1, -0.05) is 12.1 Å². The highest BCUT2D eigenvalue weighted by atomic mass is 16.5. The van der Waals surface area contributed by atoms with Crippen molar-refractivity contribution in [1.82, 2.24) is 5.32 Å². The molecule has 1 fully saturated rings. The molecule has 1 amide bonds. The SMILES string of the molecule is COc1ccc([C@@H](C)NC(=O)C2(N)CCC2)cc1. The van der Waals surface area contributed by atoms with E-state index in [1.54, 1.807) is 7.11 Å². The van der Waals surface area contributed by atoms with Gasteiger partial charge in [0.15, 0.2) is 0 Å². The minimum Gasteiger partial charge on any atom is -0.497 e. The Morgan fingerprint density at radius 3 is 2.44 bits per heavy atom. The molecule has 0 bridgehead atoms. The zero-order chi connectivity index (χ0) is 13.2. The molecular weight excluding hydrogens is 228 g/mol. The molecule has 0 saturated heterocycles. The monoisotopic (exact) mass is 248 g/mol. The average molecular weight is 248 g/mol. The van der Waals surface area contributed by atoms with Gasteiger partial charge in [-0.05, 0) is 43.9 Å². The topological polar surface area (TPSA) is 64.3 Å². The molecule has 2 rings (SSSR count). The molecule has 0 spiro atoms. The first-order chi connectivity index (χ1) is 8.55. The molecule has 1 aliphatic rings. The van der Waals surface area contributed by atoms with Gasteiger partial charge in [0, 0.05) is 0 Å². The van der Waals surface area contributed by atoms with E-state index >= 15 is 0 Å². The third kappa shape index (κ3) is 2.48. The van der Waals surface area contributed by atoms with Crippen molar-refractivity contribution in [2.45, 2.75) is 37.8 Å². The average Bonchev–Trinajstić information content (AvgIpc) is 2.35. The molecule has 4 heteroatoms. The van der Waals surface area contributed by atoms with E-state index in [9.17, 15) is 4.79 Å². The molecule has 1 aliphatic carbocycles. The largest absolute Gasteiger partial charge is 0.497 e. The van der Waals surface area contributed by atoms with Crippen LogP contribution in [0.2, 0.25) is 0 Å². The van der Waals surface area contributed by atoms with Crippen LogP contribution in [-0.4, -0.2) is 18.6 Å². The van der Waals surface area contributed by atoms with Crippen molar-refractivity contribution < 1.29 is 9.53 Å². The van der Waals surface area contributed by atoms with Crippen LogP contribution in [0.25, 0.3) is 0 Å². The second-order valence-electron chi connectivity index (χ2n) is 4.98. The highest BCUT2D eigenvalue weighted by molar-refractivity contribution is 5.87. The highest BCUT2D eigenvalue weighted by Crippen LogP contribution is 2.30. The summed E-state index contributed by atoms with van der Waals surface area (Å²) >= 11 is 0. The predicted octanol–water partition coefficient (Wildman–Crippen LogP) is 1.75. The molecule has 0 aliphatic heterocycles. The van der Waals surface area contributed by atoms with Gasteiger partial charge >= 0.3 is 0 Å². The number of methoxy groups -OCH3 is 1. The van der Waals surface area contributed by atoms with E-state index in [2.05, 4.69) is 5.32 Å². The molecule has 4 nitrogen and oxygen atoms in total. The lowest BCUT2D eigenvalue weighted by atomic mass is 9.77. The van der Waals surface area contributed by atoms with E-state index < -0.39 is 5.54 Å². The second kappa shape index (κ2) is 4.98. The smallest absolute Gasteiger partial charge is 0.240 e. The molecule has 0 heterocycles. The summed E-state index contributed by atoms with van der Waals surface area (Å²) in [7, 11) is 1.63. The standard InChI is InChI=1S/C14H20N2O2/c1-10(11-4-6-12(18-2)7-5-11)16-13(17)14(15)8-3-9-14/h4-7,10H,3,8-9,15H2,1-2H3,(H,16,17)/t10-/m1/s1. The molecule has 1 aromatic carbocycles. The van der Waals surface area contributed by atoms with Crippen molar-refractivity contribution in [3.63, 3.8) is 0 Å². The zero-order valence-electron chi connectivity index (χ0n) is 10.9. The fourth-order valence-electron chi connectivity index (χ4n) is 2.10. The van der Waals surface area contributed by atoms with Gasteiger partial charge in [-0.3, -0.25) is 4.79 Å². The fourth-order valence-corrected chi connectivity index (χ4v) is 2.10.